The molecule has 1 aliphatic carbocycles. The maximum atomic E-state index is 13.5. The van der Waals surface area contributed by atoms with Gasteiger partial charge in [-0.3, -0.25) is 9.69 Å². The van der Waals surface area contributed by atoms with E-state index in [-0.39, 0.29) is 36.4 Å². The zero-order valence-corrected chi connectivity index (χ0v) is 17.5. The number of halogens is 1. The highest BCUT2D eigenvalue weighted by Gasteiger charge is 2.55. The number of urea groups is 1. The van der Waals surface area contributed by atoms with Crippen LogP contribution in [-0.4, -0.2) is 41.0 Å². The average Bonchev–Trinajstić information content (AvgIpc) is 2.97. The number of imide groups is 1. The summed E-state index contributed by atoms with van der Waals surface area (Å²) < 4.78 is 13.5. The fourth-order valence-corrected chi connectivity index (χ4v) is 4.91. The van der Waals surface area contributed by atoms with Gasteiger partial charge in [-0.05, 0) is 49.1 Å². The largest absolute Gasteiger partial charge is 0.326 e. The molecule has 2 aliphatic rings. The van der Waals surface area contributed by atoms with E-state index in [4.69, 9.17) is 0 Å². The molecule has 3 atom stereocenters. The summed E-state index contributed by atoms with van der Waals surface area (Å²) in [7, 11) is 1.89. The number of nitrogens with one attached hydrogen (secondary N) is 1. The second-order valence-electron chi connectivity index (χ2n) is 8.54. The number of nitrogens with zero attached hydrogens (tertiary/aromatic N) is 2. The van der Waals surface area contributed by atoms with E-state index < -0.39 is 5.54 Å². The fraction of sp³-hybridized carbons (Fsp3) is 0.417. The van der Waals surface area contributed by atoms with Crippen LogP contribution in [0.15, 0.2) is 54.6 Å². The molecule has 2 aromatic carbocycles. The number of hydrogen-bond donors (Lipinski definition) is 1. The molecule has 1 heterocycles. The molecule has 0 unspecified atom stereocenters. The molecule has 1 aliphatic heterocycles. The van der Waals surface area contributed by atoms with Gasteiger partial charge >= 0.3 is 6.03 Å². The molecule has 0 aromatic heterocycles. The van der Waals surface area contributed by atoms with Gasteiger partial charge in [0.1, 0.15) is 11.4 Å². The summed E-state index contributed by atoms with van der Waals surface area (Å²) in [6.45, 7) is 2.21. The first kappa shape index (κ1) is 20.5. The van der Waals surface area contributed by atoms with Crippen molar-refractivity contribution in [3.05, 3.63) is 71.5 Å². The molecule has 1 saturated heterocycles. The smallest absolute Gasteiger partial charge is 0.323 e. The Morgan fingerprint density at radius 2 is 1.77 bits per heavy atom. The second kappa shape index (κ2) is 8.19. The van der Waals surface area contributed by atoms with Crippen LogP contribution in [0.3, 0.4) is 0 Å². The Hall–Kier alpha value is -2.73. The van der Waals surface area contributed by atoms with Gasteiger partial charge in [0.05, 0.1) is 12.7 Å². The van der Waals surface area contributed by atoms with Gasteiger partial charge in [-0.25, -0.2) is 14.1 Å². The van der Waals surface area contributed by atoms with Crippen LogP contribution in [0.1, 0.15) is 49.8 Å². The van der Waals surface area contributed by atoms with Crippen LogP contribution >= 0.6 is 0 Å². The molecule has 1 spiro atoms. The quantitative estimate of drug-likeness (QED) is 0.749. The van der Waals surface area contributed by atoms with Crippen molar-refractivity contribution < 1.29 is 14.0 Å². The van der Waals surface area contributed by atoms with Gasteiger partial charge in [0.15, 0.2) is 0 Å². The third-order valence-electron chi connectivity index (χ3n) is 6.61. The minimum atomic E-state index is -0.770. The predicted molar refractivity (Wildman–Crippen MR) is 113 cm³/mol. The van der Waals surface area contributed by atoms with Crippen LogP contribution in [0, 0.1) is 11.7 Å². The van der Waals surface area contributed by atoms with Crippen molar-refractivity contribution >= 4 is 11.9 Å². The lowest BCUT2D eigenvalue weighted by atomic mass is 9.73. The minimum Gasteiger partial charge on any atom is -0.323 e. The van der Waals surface area contributed by atoms with Crippen LogP contribution in [0.25, 0.3) is 0 Å². The van der Waals surface area contributed by atoms with Gasteiger partial charge < -0.3 is 5.32 Å². The molecular formula is C24H28FN3O2. The lowest BCUT2D eigenvalue weighted by Crippen LogP contribution is -2.54. The van der Waals surface area contributed by atoms with E-state index in [1.165, 1.54) is 17.0 Å². The van der Waals surface area contributed by atoms with Gasteiger partial charge in [0.25, 0.3) is 5.91 Å². The molecule has 0 bridgehead atoms. The molecule has 1 saturated carbocycles. The van der Waals surface area contributed by atoms with E-state index >= 15 is 0 Å². The second-order valence-corrected chi connectivity index (χ2v) is 8.54. The molecule has 30 heavy (non-hydrogen) atoms. The Kier molecular flexibility index (Phi) is 5.60. The lowest BCUT2D eigenvalue weighted by Gasteiger charge is -2.37. The number of amides is 3. The van der Waals surface area contributed by atoms with E-state index in [1.54, 1.807) is 12.1 Å². The summed E-state index contributed by atoms with van der Waals surface area (Å²) in [5.74, 6) is -0.298. The Labute approximate surface area is 176 Å². The Morgan fingerprint density at radius 3 is 2.43 bits per heavy atom. The van der Waals surface area contributed by atoms with Gasteiger partial charge in [-0.2, -0.15) is 0 Å². The van der Waals surface area contributed by atoms with E-state index in [1.807, 2.05) is 42.3 Å². The Balaban J connectivity index is 1.61. The maximum absolute atomic E-state index is 13.5. The van der Waals surface area contributed by atoms with Crippen molar-refractivity contribution in [2.45, 2.75) is 44.2 Å². The Bertz CT molecular complexity index is 918. The molecular weight excluding hydrogens is 381 g/mol. The van der Waals surface area contributed by atoms with Gasteiger partial charge in [-0.15, -0.1) is 0 Å². The first-order valence-electron chi connectivity index (χ1n) is 10.6. The van der Waals surface area contributed by atoms with E-state index in [0.29, 0.717) is 6.42 Å². The SMILES string of the molecule is C[C@@H]1CCCC[C@@]12NC(=O)N(CN(C)[C@@H](c1ccccc1)c1ccc(F)cc1)C2=O. The first-order valence-corrected chi connectivity index (χ1v) is 10.6. The summed E-state index contributed by atoms with van der Waals surface area (Å²) in [5.41, 5.74) is 1.14. The molecule has 3 amide bonds. The third kappa shape index (κ3) is 3.60. The summed E-state index contributed by atoms with van der Waals surface area (Å²) in [4.78, 5) is 29.4. The van der Waals surface area contributed by atoms with Crippen LogP contribution in [0.2, 0.25) is 0 Å². The van der Waals surface area contributed by atoms with Crippen LogP contribution < -0.4 is 5.32 Å². The van der Waals surface area contributed by atoms with Crippen LogP contribution in [0.5, 0.6) is 0 Å². The first-order chi connectivity index (χ1) is 14.4. The van der Waals surface area contributed by atoms with Gasteiger partial charge in [-0.1, -0.05) is 62.2 Å². The third-order valence-corrected chi connectivity index (χ3v) is 6.61. The summed E-state index contributed by atoms with van der Waals surface area (Å²) >= 11 is 0. The molecule has 6 heteroatoms. The normalized spacial score (nSPS) is 25.1. The molecule has 158 valence electrons. The van der Waals surface area contributed by atoms with E-state index in [9.17, 15) is 14.0 Å². The van der Waals surface area contributed by atoms with Crippen molar-refractivity contribution in [1.82, 2.24) is 15.1 Å². The van der Waals surface area contributed by atoms with Crippen LogP contribution in [0.4, 0.5) is 9.18 Å². The standard InChI is InChI=1S/C24H28FN3O2/c1-17-8-6-7-15-24(17)22(29)28(23(30)26-24)16-27(2)21(18-9-4-3-5-10-18)19-11-13-20(25)14-12-19/h3-5,9-14,17,21H,6-8,15-16H2,1-2H3,(H,26,30)/t17-,21+,24-/m1/s1. The average molecular weight is 410 g/mol. The number of rotatable bonds is 5. The number of benzene rings is 2. The van der Waals surface area contributed by atoms with Gasteiger partial charge in [0, 0.05) is 0 Å². The molecule has 4 rings (SSSR count). The van der Waals surface area contributed by atoms with Crippen molar-refractivity contribution in [2.75, 3.05) is 13.7 Å². The number of carbonyl (C=O) groups is 2. The number of hydrogen-bond acceptors (Lipinski definition) is 3. The van der Waals surface area contributed by atoms with Crippen molar-refractivity contribution in [1.29, 1.82) is 0 Å². The zero-order valence-electron chi connectivity index (χ0n) is 17.5. The fourth-order valence-electron chi connectivity index (χ4n) is 4.91. The summed E-state index contributed by atoms with van der Waals surface area (Å²) in [6.07, 6.45) is 3.67. The maximum Gasteiger partial charge on any atom is 0.326 e. The van der Waals surface area contributed by atoms with Crippen molar-refractivity contribution in [3.63, 3.8) is 0 Å². The van der Waals surface area contributed by atoms with E-state index in [2.05, 4.69) is 12.2 Å². The van der Waals surface area contributed by atoms with E-state index in [0.717, 1.165) is 30.4 Å². The highest BCUT2D eigenvalue weighted by molar-refractivity contribution is 6.07. The highest BCUT2D eigenvalue weighted by Crippen LogP contribution is 2.38. The molecule has 1 N–H and O–H groups in total. The molecule has 2 fully saturated rings. The Morgan fingerprint density at radius 1 is 1.10 bits per heavy atom. The number of carbonyl (C=O) groups excluding carboxylic acids is 2. The molecule has 2 aromatic rings. The predicted octanol–water partition coefficient (Wildman–Crippen LogP) is 4.31. The molecule has 5 nitrogen and oxygen atoms in total. The topological polar surface area (TPSA) is 52.7 Å². The molecule has 0 radical (unpaired) electrons. The lowest BCUT2D eigenvalue weighted by molar-refractivity contribution is -0.135. The van der Waals surface area contributed by atoms with Crippen molar-refractivity contribution in [2.24, 2.45) is 5.92 Å². The van der Waals surface area contributed by atoms with Gasteiger partial charge in [0.2, 0.25) is 0 Å². The van der Waals surface area contributed by atoms with Crippen molar-refractivity contribution in [3.8, 4) is 0 Å². The monoisotopic (exact) mass is 409 g/mol. The summed E-state index contributed by atoms with van der Waals surface area (Å²) in [6, 6.07) is 15.7. The zero-order chi connectivity index (χ0) is 21.3. The minimum absolute atomic E-state index is 0.125. The summed E-state index contributed by atoms with van der Waals surface area (Å²) in [5, 5.41) is 3.01. The highest BCUT2D eigenvalue weighted by atomic mass is 19.1. The van der Waals surface area contributed by atoms with Crippen LogP contribution in [-0.2, 0) is 4.79 Å².